The van der Waals surface area contributed by atoms with Gasteiger partial charge in [0.25, 0.3) is 0 Å². The second-order valence-electron chi connectivity index (χ2n) is 6.67. The Morgan fingerprint density at radius 2 is 2.25 bits per heavy atom. The van der Waals surface area contributed by atoms with Crippen molar-refractivity contribution in [2.75, 3.05) is 24.7 Å². The molecule has 1 aliphatic heterocycles. The second-order valence-corrected chi connectivity index (χ2v) is 6.67. The van der Waals surface area contributed by atoms with Crippen molar-refractivity contribution in [3.05, 3.63) is 36.2 Å². The predicted octanol–water partition coefficient (Wildman–Crippen LogP) is 2.88. The maximum Gasteiger partial charge on any atom is 0.133 e. The van der Waals surface area contributed by atoms with Crippen molar-refractivity contribution in [3.63, 3.8) is 0 Å². The SMILES string of the molecule is CC#CC(C#N)c1cc(N2CCOC[C@H]2C)nc2c(-c3ccn[nH]3)nccc12. The molecule has 0 spiro atoms. The number of anilines is 1. The highest BCUT2D eigenvalue weighted by atomic mass is 16.5. The molecule has 0 radical (unpaired) electrons. The van der Waals surface area contributed by atoms with Gasteiger partial charge in [-0.25, -0.2) is 4.98 Å². The number of hydrogen-bond donors (Lipinski definition) is 1. The van der Waals surface area contributed by atoms with Crippen LogP contribution in [0, 0.1) is 23.2 Å². The van der Waals surface area contributed by atoms with Gasteiger partial charge in [0.1, 0.15) is 22.9 Å². The average Bonchev–Trinajstić information content (AvgIpc) is 3.26. The molecular formula is C21H20N6O. The molecule has 140 valence electrons. The van der Waals surface area contributed by atoms with Crippen LogP contribution in [0.4, 0.5) is 5.82 Å². The molecule has 1 saturated heterocycles. The standard InChI is InChI=1S/C21H20N6O/c1-3-4-15(12-22)17-11-19(27-9-10-28-13-14(27)2)25-20-16(17)5-7-23-21(20)18-6-8-24-26-18/h5-8,11,14-15H,9-10,13H2,1-2H3,(H,24,26)/t14-,15?/m1/s1. The summed E-state index contributed by atoms with van der Waals surface area (Å²) in [7, 11) is 0. The van der Waals surface area contributed by atoms with Gasteiger partial charge in [0, 0.05) is 24.3 Å². The molecule has 7 nitrogen and oxygen atoms in total. The maximum atomic E-state index is 9.74. The molecule has 3 aromatic rings. The number of aromatic nitrogens is 4. The largest absolute Gasteiger partial charge is 0.377 e. The lowest BCUT2D eigenvalue weighted by molar-refractivity contribution is 0.0985. The quantitative estimate of drug-likeness (QED) is 0.711. The van der Waals surface area contributed by atoms with E-state index in [1.807, 2.05) is 18.2 Å². The lowest BCUT2D eigenvalue weighted by Gasteiger charge is -2.34. The highest BCUT2D eigenvalue weighted by Gasteiger charge is 2.24. The zero-order valence-electron chi connectivity index (χ0n) is 15.8. The van der Waals surface area contributed by atoms with Gasteiger partial charge in [-0.1, -0.05) is 5.92 Å². The minimum atomic E-state index is -0.539. The Kier molecular flexibility index (Phi) is 4.92. The summed E-state index contributed by atoms with van der Waals surface area (Å²) in [6, 6.07) is 8.25. The van der Waals surface area contributed by atoms with E-state index < -0.39 is 5.92 Å². The number of ether oxygens (including phenoxy) is 1. The van der Waals surface area contributed by atoms with Gasteiger partial charge in [0.15, 0.2) is 0 Å². The van der Waals surface area contributed by atoms with Crippen molar-refractivity contribution in [3.8, 4) is 29.3 Å². The van der Waals surface area contributed by atoms with Gasteiger partial charge in [-0.05, 0) is 37.6 Å². The second kappa shape index (κ2) is 7.67. The van der Waals surface area contributed by atoms with E-state index in [4.69, 9.17) is 9.72 Å². The summed E-state index contributed by atoms with van der Waals surface area (Å²) in [6.45, 7) is 5.89. The number of H-pyrrole nitrogens is 1. The van der Waals surface area contributed by atoms with Crippen LogP contribution in [0.25, 0.3) is 22.3 Å². The third-order valence-corrected chi connectivity index (χ3v) is 4.89. The predicted molar refractivity (Wildman–Crippen MR) is 107 cm³/mol. The molecule has 0 aliphatic carbocycles. The maximum absolute atomic E-state index is 9.74. The van der Waals surface area contributed by atoms with E-state index in [1.165, 1.54) is 0 Å². The van der Waals surface area contributed by atoms with Crippen LogP contribution in [-0.2, 0) is 4.74 Å². The smallest absolute Gasteiger partial charge is 0.133 e. The number of nitriles is 1. The Balaban J connectivity index is 1.99. The Bertz CT molecular complexity index is 1090. The Labute approximate surface area is 163 Å². The number of nitrogens with one attached hydrogen (secondary N) is 1. The molecule has 0 saturated carbocycles. The van der Waals surface area contributed by atoms with E-state index in [2.05, 4.69) is 44.9 Å². The molecule has 1 unspecified atom stereocenters. The Hall–Kier alpha value is -3.42. The van der Waals surface area contributed by atoms with E-state index in [9.17, 15) is 5.26 Å². The van der Waals surface area contributed by atoms with E-state index in [0.29, 0.717) is 18.9 Å². The Morgan fingerprint density at radius 3 is 2.96 bits per heavy atom. The monoisotopic (exact) mass is 372 g/mol. The van der Waals surface area contributed by atoms with Crippen LogP contribution in [0.3, 0.4) is 0 Å². The molecule has 4 heterocycles. The number of rotatable bonds is 3. The Morgan fingerprint density at radius 1 is 1.36 bits per heavy atom. The van der Waals surface area contributed by atoms with Gasteiger partial charge >= 0.3 is 0 Å². The number of fused-ring (bicyclic) bond motifs is 1. The van der Waals surface area contributed by atoms with Crippen LogP contribution in [0.15, 0.2) is 30.6 Å². The summed E-state index contributed by atoms with van der Waals surface area (Å²) in [6.07, 6.45) is 3.42. The fraction of sp³-hybridized carbons (Fsp3) is 0.333. The highest BCUT2D eigenvalue weighted by molar-refractivity contribution is 5.94. The fourth-order valence-corrected chi connectivity index (χ4v) is 3.53. The van der Waals surface area contributed by atoms with Crippen molar-refractivity contribution < 1.29 is 4.74 Å². The third-order valence-electron chi connectivity index (χ3n) is 4.89. The molecule has 0 aromatic carbocycles. The molecule has 2 atom stereocenters. The zero-order chi connectivity index (χ0) is 19.5. The molecule has 3 aromatic heterocycles. The molecule has 0 bridgehead atoms. The van der Waals surface area contributed by atoms with Crippen LogP contribution < -0.4 is 4.90 Å². The van der Waals surface area contributed by atoms with Crippen molar-refractivity contribution in [1.82, 2.24) is 20.2 Å². The van der Waals surface area contributed by atoms with Gasteiger partial charge in [-0.3, -0.25) is 10.1 Å². The topological polar surface area (TPSA) is 90.7 Å². The first kappa shape index (κ1) is 18.0. The van der Waals surface area contributed by atoms with Crippen molar-refractivity contribution >= 4 is 16.7 Å². The first-order valence-electron chi connectivity index (χ1n) is 9.18. The highest BCUT2D eigenvalue weighted by Crippen LogP contribution is 2.33. The summed E-state index contributed by atoms with van der Waals surface area (Å²) in [4.78, 5) is 11.7. The van der Waals surface area contributed by atoms with Gasteiger partial charge in [-0.15, -0.1) is 5.92 Å². The van der Waals surface area contributed by atoms with Crippen molar-refractivity contribution in [1.29, 1.82) is 5.26 Å². The summed E-state index contributed by atoms with van der Waals surface area (Å²) >= 11 is 0. The van der Waals surface area contributed by atoms with E-state index >= 15 is 0 Å². The fourth-order valence-electron chi connectivity index (χ4n) is 3.53. The van der Waals surface area contributed by atoms with E-state index in [-0.39, 0.29) is 6.04 Å². The van der Waals surface area contributed by atoms with Gasteiger partial charge < -0.3 is 9.64 Å². The van der Waals surface area contributed by atoms with Crippen LogP contribution >= 0.6 is 0 Å². The van der Waals surface area contributed by atoms with E-state index in [1.54, 1.807) is 19.3 Å². The molecule has 4 rings (SSSR count). The molecule has 1 aliphatic rings. The molecular weight excluding hydrogens is 352 g/mol. The van der Waals surface area contributed by atoms with Crippen LogP contribution in [0.2, 0.25) is 0 Å². The minimum absolute atomic E-state index is 0.191. The number of nitrogens with zero attached hydrogens (tertiary/aromatic N) is 5. The van der Waals surface area contributed by atoms with Crippen LogP contribution in [0.5, 0.6) is 0 Å². The summed E-state index contributed by atoms with van der Waals surface area (Å²) in [5.74, 6) is 6.16. The number of aromatic amines is 1. The van der Waals surface area contributed by atoms with Crippen LogP contribution in [-0.4, -0.2) is 46.0 Å². The first-order valence-corrected chi connectivity index (χ1v) is 9.18. The summed E-state index contributed by atoms with van der Waals surface area (Å²) in [5, 5.41) is 17.6. The molecule has 7 heteroatoms. The molecule has 1 N–H and O–H groups in total. The first-order chi connectivity index (χ1) is 13.7. The van der Waals surface area contributed by atoms with Crippen molar-refractivity contribution in [2.45, 2.75) is 25.8 Å². The van der Waals surface area contributed by atoms with E-state index in [0.717, 1.165) is 34.5 Å². The lowest BCUT2D eigenvalue weighted by atomic mass is 9.96. The molecule has 0 amide bonds. The normalized spacial score (nSPS) is 17.6. The number of pyridine rings is 2. The lowest BCUT2D eigenvalue weighted by Crippen LogP contribution is -2.44. The number of morpholine rings is 1. The van der Waals surface area contributed by atoms with Gasteiger partial charge in [0.05, 0.1) is 31.0 Å². The molecule has 28 heavy (non-hydrogen) atoms. The average molecular weight is 372 g/mol. The van der Waals surface area contributed by atoms with Crippen molar-refractivity contribution in [2.24, 2.45) is 0 Å². The van der Waals surface area contributed by atoms with Crippen LogP contribution in [0.1, 0.15) is 25.3 Å². The minimum Gasteiger partial charge on any atom is -0.377 e. The third kappa shape index (κ3) is 3.17. The number of hydrogen-bond acceptors (Lipinski definition) is 6. The summed E-state index contributed by atoms with van der Waals surface area (Å²) in [5.41, 5.74) is 3.07. The zero-order valence-corrected chi connectivity index (χ0v) is 15.8. The summed E-state index contributed by atoms with van der Waals surface area (Å²) < 4.78 is 5.57. The van der Waals surface area contributed by atoms with Gasteiger partial charge in [-0.2, -0.15) is 10.4 Å². The molecule has 1 fully saturated rings. The van der Waals surface area contributed by atoms with Gasteiger partial charge in [0.2, 0.25) is 0 Å².